The third kappa shape index (κ3) is 3.62. The van der Waals surface area contributed by atoms with Crippen LogP contribution >= 0.6 is 0 Å². The van der Waals surface area contributed by atoms with Crippen molar-refractivity contribution in [2.45, 2.75) is 12.8 Å². The molecule has 0 radical (unpaired) electrons. The van der Waals surface area contributed by atoms with Crippen LogP contribution in [0.2, 0.25) is 0 Å². The summed E-state index contributed by atoms with van der Waals surface area (Å²) in [5.41, 5.74) is -0.878. The van der Waals surface area contributed by atoms with Crippen LogP contribution in [-0.2, 0) is 12.8 Å². The van der Waals surface area contributed by atoms with Crippen LogP contribution in [0, 0.1) is 0 Å². The largest absolute Gasteiger partial charge is 0.507 e. The molecular weight excluding hydrogens is 372 g/mol. The van der Waals surface area contributed by atoms with Crippen LogP contribution in [0.1, 0.15) is 27.0 Å². The number of aliphatic hydroxyl groups excluding tert-OH is 2. The molecule has 0 fully saturated rings. The highest BCUT2D eigenvalue weighted by Crippen LogP contribution is 2.48. The molecule has 9 nitrogen and oxygen atoms in total. The normalized spacial score (nSPS) is 10.7. The van der Waals surface area contributed by atoms with Crippen LogP contribution in [0.4, 0.5) is 0 Å². The van der Waals surface area contributed by atoms with Crippen molar-refractivity contribution < 1.29 is 44.9 Å². The van der Waals surface area contributed by atoms with Crippen molar-refractivity contribution in [3.63, 3.8) is 0 Å². The number of methoxy groups -OCH3 is 2. The Hall–Kier alpha value is -3.17. The Kier molecular flexibility index (Phi) is 6.55. The third-order valence-corrected chi connectivity index (χ3v) is 4.29. The second-order valence-electron chi connectivity index (χ2n) is 5.89. The zero-order valence-corrected chi connectivity index (χ0v) is 15.4. The molecule has 0 aromatic heterocycles. The first-order chi connectivity index (χ1) is 13.3. The van der Waals surface area contributed by atoms with Gasteiger partial charge in [-0.05, 0) is 18.6 Å². The number of hydrogen-bond acceptors (Lipinski definition) is 9. The van der Waals surface area contributed by atoms with E-state index < -0.39 is 46.7 Å². The van der Waals surface area contributed by atoms with E-state index in [0.717, 1.165) is 7.11 Å². The van der Waals surface area contributed by atoms with Crippen LogP contribution in [0.15, 0.2) is 12.1 Å². The quantitative estimate of drug-likeness (QED) is 0.357. The van der Waals surface area contributed by atoms with E-state index in [-0.39, 0.29) is 41.9 Å². The first-order valence-corrected chi connectivity index (χ1v) is 8.32. The molecule has 0 atom stereocenters. The Morgan fingerprint density at radius 3 is 2.04 bits per heavy atom. The molecule has 0 aliphatic heterocycles. The maximum atomic E-state index is 13.1. The molecule has 2 aromatic rings. The highest BCUT2D eigenvalue weighted by Gasteiger charge is 2.30. The first-order valence-electron chi connectivity index (χ1n) is 8.32. The smallest absolute Gasteiger partial charge is 0.204 e. The SMILES string of the molecule is COc1cc(CCO)c(O)c(C(=O)c2c(O)c(CCO)c(O)c(OC)c2O)c1. The zero-order valence-electron chi connectivity index (χ0n) is 15.4. The summed E-state index contributed by atoms with van der Waals surface area (Å²) >= 11 is 0. The second-order valence-corrected chi connectivity index (χ2v) is 5.89. The number of ketones is 1. The van der Waals surface area contributed by atoms with Gasteiger partial charge in [0.2, 0.25) is 11.5 Å². The van der Waals surface area contributed by atoms with Gasteiger partial charge in [0.25, 0.3) is 0 Å². The second kappa shape index (κ2) is 8.68. The molecule has 28 heavy (non-hydrogen) atoms. The number of rotatable bonds is 8. The van der Waals surface area contributed by atoms with E-state index >= 15 is 0 Å². The average Bonchev–Trinajstić information content (AvgIpc) is 2.67. The minimum atomic E-state index is -0.969. The number of carbonyl (C=O) groups excluding carboxylic acids is 1. The topological polar surface area (TPSA) is 157 Å². The minimum Gasteiger partial charge on any atom is -0.507 e. The lowest BCUT2D eigenvalue weighted by atomic mass is 9.94. The predicted molar refractivity (Wildman–Crippen MR) is 97.7 cm³/mol. The Morgan fingerprint density at radius 1 is 0.857 bits per heavy atom. The molecule has 0 spiro atoms. The van der Waals surface area contributed by atoms with Crippen molar-refractivity contribution in [1.82, 2.24) is 0 Å². The van der Waals surface area contributed by atoms with Gasteiger partial charge in [0.15, 0.2) is 11.5 Å². The molecule has 0 aliphatic rings. The summed E-state index contributed by atoms with van der Waals surface area (Å²) in [7, 11) is 2.49. The van der Waals surface area contributed by atoms with Gasteiger partial charge in [0.1, 0.15) is 22.8 Å². The molecule has 0 aliphatic carbocycles. The number of aliphatic hydroxyl groups is 2. The monoisotopic (exact) mass is 394 g/mol. The van der Waals surface area contributed by atoms with E-state index in [2.05, 4.69) is 0 Å². The van der Waals surface area contributed by atoms with Gasteiger partial charge in [-0.1, -0.05) is 0 Å². The molecule has 0 bridgehead atoms. The number of ether oxygens (including phenoxy) is 2. The van der Waals surface area contributed by atoms with Crippen molar-refractivity contribution in [3.8, 4) is 34.5 Å². The van der Waals surface area contributed by atoms with Crippen LogP contribution in [-0.4, -0.2) is 63.9 Å². The highest BCUT2D eigenvalue weighted by atomic mass is 16.5. The van der Waals surface area contributed by atoms with Crippen molar-refractivity contribution in [1.29, 1.82) is 0 Å². The lowest BCUT2D eigenvalue weighted by Gasteiger charge is -2.17. The Bertz CT molecular complexity index is 890. The first kappa shape index (κ1) is 21.1. The van der Waals surface area contributed by atoms with Gasteiger partial charge >= 0.3 is 0 Å². The van der Waals surface area contributed by atoms with Gasteiger partial charge in [-0.2, -0.15) is 0 Å². The summed E-state index contributed by atoms with van der Waals surface area (Å²) in [6.45, 7) is -0.744. The lowest BCUT2D eigenvalue weighted by molar-refractivity contribution is 0.102. The molecule has 152 valence electrons. The predicted octanol–water partition coefficient (Wildman–Crippen LogP) is 0.827. The molecule has 0 unspecified atom stereocenters. The lowest BCUT2D eigenvalue weighted by Crippen LogP contribution is -2.08. The molecular formula is C19H22O9. The fourth-order valence-corrected chi connectivity index (χ4v) is 2.90. The summed E-state index contributed by atoms with van der Waals surface area (Å²) in [5.74, 6) is -3.85. The van der Waals surface area contributed by atoms with E-state index in [0.29, 0.717) is 0 Å². The molecule has 6 N–H and O–H groups in total. The number of benzene rings is 2. The van der Waals surface area contributed by atoms with Crippen molar-refractivity contribution in [2.24, 2.45) is 0 Å². The summed E-state index contributed by atoms with van der Waals surface area (Å²) in [5, 5.41) is 59.7. The standard InChI is InChI=1S/C19H22O9/c1-27-10-7-9(3-5-20)14(22)12(8-10)16(24)13-15(23)11(4-6-21)17(25)19(28-2)18(13)26/h7-8,20-23,25-26H,3-6H2,1-2H3. The van der Waals surface area contributed by atoms with E-state index in [1.807, 2.05) is 0 Å². The van der Waals surface area contributed by atoms with Crippen molar-refractivity contribution in [3.05, 3.63) is 34.4 Å². The summed E-state index contributed by atoms with van der Waals surface area (Å²) in [6, 6.07) is 2.65. The van der Waals surface area contributed by atoms with E-state index in [4.69, 9.17) is 19.7 Å². The number of phenolic OH excluding ortho intramolecular Hbond substituents is 4. The molecule has 0 heterocycles. The minimum absolute atomic E-state index is 0.0376. The summed E-state index contributed by atoms with van der Waals surface area (Å²) in [6.07, 6.45) is -0.176. The summed E-state index contributed by atoms with van der Waals surface area (Å²) in [4.78, 5) is 13.1. The van der Waals surface area contributed by atoms with Gasteiger partial charge in [-0.3, -0.25) is 4.79 Å². The van der Waals surface area contributed by atoms with Gasteiger partial charge < -0.3 is 40.1 Å². The van der Waals surface area contributed by atoms with E-state index in [1.165, 1.54) is 19.2 Å². The van der Waals surface area contributed by atoms with Crippen molar-refractivity contribution >= 4 is 5.78 Å². The molecule has 0 saturated heterocycles. The van der Waals surface area contributed by atoms with Crippen molar-refractivity contribution in [2.75, 3.05) is 27.4 Å². The molecule has 2 aromatic carbocycles. The molecule has 2 rings (SSSR count). The van der Waals surface area contributed by atoms with Crippen LogP contribution in [0.3, 0.4) is 0 Å². The number of aromatic hydroxyl groups is 4. The number of carbonyl (C=O) groups is 1. The molecule has 9 heteroatoms. The Labute approximate surface area is 160 Å². The highest BCUT2D eigenvalue weighted by molar-refractivity contribution is 6.15. The van der Waals surface area contributed by atoms with E-state index in [9.17, 15) is 25.2 Å². The fourth-order valence-electron chi connectivity index (χ4n) is 2.90. The van der Waals surface area contributed by atoms with E-state index in [1.54, 1.807) is 0 Å². The zero-order chi connectivity index (χ0) is 21.0. The third-order valence-electron chi connectivity index (χ3n) is 4.29. The van der Waals surface area contributed by atoms with Crippen LogP contribution < -0.4 is 9.47 Å². The van der Waals surface area contributed by atoms with Gasteiger partial charge in [0.05, 0.1) is 19.8 Å². The fraction of sp³-hybridized carbons (Fsp3) is 0.316. The number of hydrogen-bond donors (Lipinski definition) is 6. The van der Waals surface area contributed by atoms with Gasteiger partial charge in [-0.25, -0.2) is 0 Å². The summed E-state index contributed by atoms with van der Waals surface area (Å²) < 4.78 is 10.0. The average molecular weight is 394 g/mol. The maximum Gasteiger partial charge on any atom is 0.204 e. The van der Waals surface area contributed by atoms with Crippen LogP contribution in [0.25, 0.3) is 0 Å². The molecule has 0 amide bonds. The Morgan fingerprint density at radius 2 is 1.50 bits per heavy atom. The van der Waals surface area contributed by atoms with Gasteiger partial charge in [0, 0.05) is 30.8 Å². The molecule has 0 saturated carbocycles. The Balaban J connectivity index is 2.77. The van der Waals surface area contributed by atoms with Gasteiger partial charge in [-0.15, -0.1) is 0 Å². The van der Waals surface area contributed by atoms with Crippen LogP contribution in [0.5, 0.6) is 34.5 Å². The number of phenols is 4. The maximum absolute atomic E-state index is 13.1.